The Morgan fingerprint density at radius 3 is 1.87 bits per heavy atom. The number of ether oxygens (including phenoxy) is 3. The second-order valence-corrected chi connectivity index (χ2v) is 15.8. The smallest absolute Gasteiger partial charge is 0.410 e. The van der Waals surface area contributed by atoms with Gasteiger partial charge in [0.15, 0.2) is 0 Å². The lowest BCUT2D eigenvalue weighted by molar-refractivity contribution is 0.0187. The van der Waals surface area contributed by atoms with Gasteiger partial charge in [0, 0.05) is 11.8 Å². The van der Waals surface area contributed by atoms with E-state index in [4.69, 9.17) is 14.2 Å². The number of nitrogens with zero attached hydrogens (tertiary/aromatic N) is 1. The van der Waals surface area contributed by atoms with Crippen LogP contribution in [-0.4, -0.2) is 54.1 Å². The highest BCUT2D eigenvalue weighted by Crippen LogP contribution is 2.52. The Kier molecular flexibility index (Phi) is 11.9. The molecule has 1 aliphatic rings. The first-order chi connectivity index (χ1) is 25.6. The fourth-order valence-electron chi connectivity index (χ4n) is 6.92. The molecule has 0 N–H and O–H groups in total. The van der Waals surface area contributed by atoms with Crippen LogP contribution in [0.3, 0.4) is 0 Å². The summed E-state index contributed by atoms with van der Waals surface area (Å²) in [4.78, 5) is 28.5. The number of carbonyl (C=O) groups excluding carboxylic acids is 2. The second-order valence-electron chi connectivity index (χ2n) is 14.3. The van der Waals surface area contributed by atoms with Crippen molar-refractivity contribution in [3.05, 3.63) is 173 Å². The van der Waals surface area contributed by atoms with Gasteiger partial charge in [-0.2, -0.15) is 0 Å². The molecule has 0 aliphatic carbocycles. The number of hydrogen-bond donors (Lipinski definition) is 0. The highest BCUT2D eigenvalue weighted by atomic mass is 32.2. The monoisotopic (exact) mass is 731 g/mol. The van der Waals surface area contributed by atoms with Gasteiger partial charge in [-0.05, 0) is 92.1 Å². The van der Waals surface area contributed by atoms with Crippen LogP contribution in [0, 0.1) is 5.82 Å². The third kappa shape index (κ3) is 9.11. The zero-order chi connectivity index (χ0) is 37.4. The van der Waals surface area contributed by atoms with Gasteiger partial charge < -0.3 is 19.1 Å². The minimum Gasteiger partial charge on any atom is -0.491 e. The third-order valence-corrected chi connectivity index (χ3v) is 11.1. The molecule has 2 atom stereocenters. The summed E-state index contributed by atoms with van der Waals surface area (Å²) in [6.07, 6.45) is 1.48. The van der Waals surface area contributed by atoms with Gasteiger partial charge in [-0.3, -0.25) is 0 Å². The van der Waals surface area contributed by atoms with Crippen molar-refractivity contribution in [2.24, 2.45) is 0 Å². The molecule has 6 rings (SSSR count). The number of esters is 1. The number of rotatable bonds is 12. The second kappa shape index (κ2) is 16.7. The summed E-state index contributed by atoms with van der Waals surface area (Å²) in [6, 6.07) is 43.1. The van der Waals surface area contributed by atoms with Crippen LogP contribution in [0.5, 0.6) is 5.75 Å². The summed E-state index contributed by atoms with van der Waals surface area (Å²) < 4.78 is 30.3. The molecule has 0 radical (unpaired) electrons. The molecule has 274 valence electrons. The number of hydrogen-bond acceptors (Lipinski definition) is 6. The predicted molar refractivity (Wildman–Crippen MR) is 209 cm³/mol. The lowest BCUT2D eigenvalue weighted by Crippen LogP contribution is -2.42. The average Bonchev–Trinajstić information content (AvgIpc) is 3.59. The fourth-order valence-corrected chi connectivity index (χ4v) is 8.79. The molecule has 1 saturated heterocycles. The van der Waals surface area contributed by atoms with Gasteiger partial charge >= 0.3 is 12.1 Å². The molecule has 6 nitrogen and oxygen atoms in total. The lowest BCUT2D eigenvalue weighted by Gasteiger charge is -2.37. The van der Waals surface area contributed by atoms with E-state index in [1.54, 1.807) is 23.1 Å². The van der Waals surface area contributed by atoms with E-state index in [1.165, 1.54) is 19.2 Å². The van der Waals surface area contributed by atoms with Gasteiger partial charge in [0.1, 0.15) is 23.8 Å². The van der Waals surface area contributed by atoms with Crippen molar-refractivity contribution in [3.8, 4) is 5.75 Å². The summed E-state index contributed by atoms with van der Waals surface area (Å²) in [7, 11) is 1.36. The summed E-state index contributed by atoms with van der Waals surface area (Å²) in [5.41, 5.74) is 4.97. The van der Waals surface area contributed by atoms with E-state index in [2.05, 4.69) is 72.8 Å². The van der Waals surface area contributed by atoms with Crippen LogP contribution in [0.25, 0.3) is 0 Å². The maximum atomic E-state index is 13.8. The summed E-state index contributed by atoms with van der Waals surface area (Å²) >= 11 is 1.85. The Morgan fingerprint density at radius 1 is 0.774 bits per heavy atom. The fraction of sp³-hybridized carbons (Fsp3) is 0.289. The van der Waals surface area contributed by atoms with Gasteiger partial charge in [0.2, 0.25) is 0 Å². The predicted octanol–water partition coefficient (Wildman–Crippen LogP) is 9.88. The molecule has 0 bridgehead atoms. The van der Waals surface area contributed by atoms with Crippen molar-refractivity contribution in [2.45, 2.75) is 61.7 Å². The van der Waals surface area contributed by atoms with E-state index in [0.717, 1.165) is 27.8 Å². The van der Waals surface area contributed by atoms with E-state index in [9.17, 15) is 14.0 Å². The molecule has 8 heteroatoms. The quantitative estimate of drug-likeness (QED) is 0.0941. The van der Waals surface area contributed by atoms with E-state index >= 15 is 0 Å². The van der Waals surface area contributed by atoms with Gasteiger partial charge in [0.05, 0.1) is 23.5 Å². The molecule has 1 heterocycles. The lowest BCUT2D eigenvalue weighted by atomic mass is 9.84. The number of carbonyl (C=O) groups is 2. The molecule has 0 aromatic heterocycles. The Bertz CT molecular complexity index is 1870. The first-order valence-electron chi connectivity index (χ1n) is 18.0. The molecule has 5 aromatic rings. The van der Waals surface area contributed by atoms with Gasteiger partial charge in [-0.1, -0.05) is 109 Å². The van der Waals surface area contributed by atoms with Gasteiger partial charge in [-0.25, -0.2) is 14.0 Å². The topological polar surface area (TPSA) is 65.1 Å². The minimum atomic E-state index is -0.672. The number of methoxy groups -OCH3 is 1. The van der Waals surface area contributed by atoms with Crippen LogP contribution in [0.4, 0.5) is 9.18 Å². The number of thioether (sulfide) groups is 1. The highest BCUT2D eigenvalue weighted by Gasteiger charge is 2.45. The van der Waals surface area contributed by atoms with E-state index in [-0.39, 0.29) is 29.8 Å². The molecule has 5 aromatic carbocycles. The third-order valence-electron chi connectivity index (χ3n) is 9.41. The summed E-state index contributed by atoms with van der Waals surface area (Å²) in [5, 5.41) is 0.0243. The molecule has 1 fully saturated rings. The van der Waals surface area contributed by atoms with Crippen LogP contribution >= 0.6 is 11.8 Å². The summed E-state index contributed by atoms with van der Waals surface area (Å²) in [6.45, 7) is 6.29. The van der Waals surface area contributed by atoms with E-state index in [1.807, 2.05) is 62.9 Å². The zero-order valence-electron chi connectivity index (χ0n) is 30.7. The van der Waals surface area contributed by atoms with Crippen LogP contribution in [-0.2, 0) is 27.1 Å². The zero-order valence-corrected chi connectivity index (χ0v) is 31.5. The van der Waals surface area contributed by atoms with E-state index < -0.39 is 16.3 Å². The molecule has 2 unspecified atom stereocenters. The molecule has 53 heavy (non-hydrogen) atoms. The first kappa shape index (κ1) is 37.7. The largest absolute Gasteiger partial charge is 0.491 e. The minimum absolute atomic E-state index is 0.0243. The normalized spacial score (nSPS) is 15.9. The van der Waals surface area contributed by atoms with Crippen molar-refractivity contribution in [2.75, 3.05) is 20.3 Å². The number of likely N-dealkylation sites (tertiary alicyclic amines) is 1. The van der Waals surface area contributed by atoms with Gasteiger partial charge in [-0.15, -0.1) is 11.8 Å². The average molecular weight is 732 g/mol. The van der Waals surface area contributed by atoms with Crippen molar-refractivity contribution >= 4 is 23.8 Å². The first-order valence-corrected chi connectivity index (χ1v) is 18.9. The van der Waals surface area contributed by atoms with Crippen molar-refractivity contribution in [1.29, 1.82) is 0 Å². The van der Waals surface area contributed by atoms with Crippen LogP contribution < -0.4 is 4.74 Å². The maximum absolute atomic E-state index is 13.8. The van der Waals surface area contributed by atoms with Crippen molar-refractivity contribution in [1.82, 2.24) is 4.90 Å². The number of halogens is 1. The molecule has 0 saturated carbocycles. The molecule has 1 amide bonds. The Labute approximate surface area is 316 Å². The molecular weight excluding hydrogens is 686 g/mol. The molecular formula is C45H46FNO5S. The number of amides is 1. The standard InChI is InChI=1S/C45H46FNO5S/c1-44(2,3)52-43(49)47-30-40(53-45(34-14-8-5-9-15-34,35-16-10-6-11-17-35)36-18-12-7-13-19-36)28-38(47)31-51-39-27-24-33(41(29-39)42(48)50-4)23-20-32-21-25-37(46)26-22-32/h5-19,21-22,24-27,29,38,40H,20,23,28,30-31H2,1-4H3. The Morgan fingerprint density at radius 2 is 1.34 bits per heavy atom. The highest BCUT2D eigenvalue weighted by molar-refractivity contribution is 8.01. The van der Waals surface area contributed by atoms with Crippen molar-refractivity contribution in [3.63, 3.8) is 0 Å². The van der Waals surface area contributed by atoms with Crippen molar-refractivity contribution < 1.29 is 28.2 Å². The number of aryl methyl sites for hydroxylation is 2. The summed E-state index contributed by atoms with van der Waals surface area (Å²) in [5.74, 6) is -0.245. The number of benzene rings is 5. The molecule has 1 aliphatic heterocycles. The Balaban J connectivity index is 1.28. The maximum Gasteiger partial charge on any atom is 0.410 e. The van der Waals surface area contributed by atoms with Crippen LogP contribution in [0.1, 0.15) is 65.4 Å². The Hall–Kier alpha value is -5.08. The van der Waals surface area contributed by atoms with Crippen LogP contribution in [0.2, 0.25) is 0 Å². The molecule has 0 spiro atoms. The van der Waals surface area contributed by atoms with Gasteiger partial charge in [0.25, 0.3) is 0 Å². The van der Waals surface area contributed by atoms with Crippen LogP contribution in [0.15, 0.2) is 133 Å². The SMILES string of the molecule is COC(=O)c1cc(OCC2CC(SC(c3ccccc3)(c3ccccc3)c3ccccc3)CN2C(=O)OC(C)(C)C)ccc1CCc1ccc(F)cc1. The van der Waals surface area contributed by atoms with E-state index in [0.29, 0.717) is 37.1 Å².